The van der Waals surface area contributed by atoms with Crippen LogP contribution in [0.2, 0.25) is 5.02 Å². The molecule has 1 atom stereocenters. The number of anilines is 1. The first-order valence-electron chi connectivity index (χ1n) is 5.74. The highest BCUT2D eigenvalue weighted by molar-refractivity contribution is 7.86. The van der Waals surface area contributed by atoms with Crippen LogP contribution in [0.5, 0.6) is 0 Å². The highest BCUT2D eigenvalue weighted by Gasteiger charge is 2.33. The lowest BCUT2D eigenvalue weighted by molar-refractivity contribution is -0.117. The number of hydrogen-bond acceptors (Lipinski definition) is 3. The molecule has 1 aromatic rings. The van der Waals surface area contributed by atoms with Gasteiger partial charge in [0.2, 0.25) is 5.91 Å². The summed E-state index contributed by atoms with van der Waals surface area (Å²) >= 11 is 5.93. The van der Waals surface area contributed by atoms with E-state index in [0.717, 1.165) is 5.56 Å². The summed E-state index contributed by atoms with van der Waals surface area (Å²) in [5, 5.41) is 0.504. The highest BCUT2D eigenvalue weighted by atomic mass is 35.5. The van der Waals surface area contributed by atoms with E-state index in [9.17, 15) is 17.1 Å². The summed E-state index contributed by atoms with van der Waals surface area (Å²) < 4.78 is 33.9. The lowest BCUT2D eigenvalue weighted by Crippen LogP contribution is -2.25. The van der Waals surface area contributed by atoms with Crippen LogP contribution in [0.4, 0.5) is 9.57 Å². The number of nitrogens with zero attached hydrogens (tertiary/aromatic N) is 1. The first-order chi connectivity index (χ1) is 8.74. The molecule has 0 aliphatic carbocycles. The van der Waals surface area contributed by atoms with Crippen LogP contribution in [-0.4, -0.2) is 26.6 Å². The van der Waals surface area contributed by atoms with Crippen LogP contribution >= 0.6 is 11.6 Å². The number of benzene rings is 1. The van der Waals surface area contributed by atoms with Gasteiger partial charge in [0, 0.05) is 29.6 Å². The van der Waals surface area contributed by atoms with E-state index in [2.05, 4.69) is 0 Å². The minimum absolute atomic E-state index is 0.0364. The molecule has 1 unspecified atom stereocenters. The monoisotopic (exact) mass is 305 g/mol. The highest BCUT2D eigenvalue weighted by Crippen LogP contribution is 2.29. The zero-order valence-corrected chi connectivity index (χ0v) is 11.8. The zero-order valence-electron chi connectivity index (χ0n) is 10.3. The number of carbonyl (C=O) groups is 1. The molecule has 1 aliphatic rings. The SMILES string of the molecule is Cc1cc(Cl)cc(N2CC(CS(=O)(=O)F)CC2=O)c1. The predicted octanol–water partition coefficient (Wildman–Crippen LogP) is 2.30. The van der Waals surface area contributed by atoms with Gasteiger partial charge in [-0.3, -0.25) is 4.79 Å². The minimum atomic E-state index is -4.56. The molecule has 1 amide bonds. The summed E-state index contributed by atoms with van der Waals surface area (Å²) in [6.45, 7) is 2.04. The lowest BCUT2D eigenvalue weighted by Gasteiger charge is -2.17. The van der Waals surface area contributed by atoms with Crippen LogP contribution in [-0.2, 0) is 15.0 Å². The lowest BCUT2D eigenvalue weighted by atomic mass is 10.1. The number of amides is 1. The van der Waals surface area contributed by atoms with Crippen molar-refractivity contribution in [2.45, 2.75) is 13.3 Å². The van der Waals surface area contributed by atoms with Gasteiger partial charge in [0.05, 0.1) is 5.75 Å². The third kappa shape index (κ3) is 3.67. The molecule has 1 saturated heterocycles. The first-order valence-corrected chi connectivity index (χ1v) is 7.67. The molecule has 1 heterocycles. The number of aryl methyl sites for hydroxylation is 1. The normalized spacial score (nSPS) is 20.1. The van der Waals surface area contributed by atoms with Crippen molar-refractivity contribution in [2.24, 2.45) is 5.92 Å². The first kappa shape index (κ1) is 14.3. The Balaban J connectivity index is 2.20. The van der Waals surface area contributed by atoms with Crippen molar-refractivity contribution < 1.29 is 17.1 Å². The number of hydrogen-bond donors (Lipinski definition) is 0. The van der Waals surface area contributed by atoms with Crippen molar-refractivity contribution in [1.82, 2.24) is 0 Å². The van der Waals surface area contributed by atoms with Crippen molar-refractivity contribution >= 4 is 33.4 Å². The van der Waals surface area contributed by atoms with E-state index < -0.39 is 21.9 Å². The van der Waals surface area contributed by atoms with Gasteiger partial charge in [-0.2, -0.15) is 8.42 Å². The molecule has 104 valence electrons. The number of halogens is 2. The largest absolute Gasteiger partial charge is 0.312 e. The second-order valence-corrected chi connectivity index (χ2v) is 6.61. The van der Waals surface area contributed by atoms with E-state index in [4.69, 9.17) is 11.6 Å². The molecular formula is C12H13ClFNO3S. The Morgan fingerprint density at radius 3 is 2.68 bits per heavy atom. The molecule has 1 fully saturated rings. The molecule has 0 saturated carbocycles. The summed E-state index contributed by atoms with van der Waals surface area (Å²) in [4.78, 5) is 13.3. The summed E-state index contributed by atoms with van der Waals surface area (Å²) in [6, 6.07) is 5.18. The van der Waals surface area contributed by atoms with Crippen molar-refractivity contribution in [1.29, 1.82) is 0 Å². The molecule has 1 aromatic carbocycles. The molecule has 2 rings (SSSR count). The standard InChI is InChI=1S/C12H13ClFNO3S/c1-8-2-10(13)5-11(3-8)15-6-9(4-12(15)16)7-19(14,17)18/h2-3,5,9H,4,6-7H2,1H3. The summed E-state index contributed by atoms with van der Waals surface area (Å²) in [7, 11) is -4.56. The smallest absolute Gasteiger partial charge is 0.302 e. The summed E-state index contributed by atoms with van der Waals surface area (Å²) in [5.41, 5.74) is 1.52. The third-order valence-electron chi connectivity index (χ3n) is 2.98. The molecule has 4 nitrogen and oxygen atoms in total. The number of carbonyl (C=O) groups excluding carboxylic acids is 1. The predicted molar refractivity (Wildman–Crippen MR) is 71.5 cm³/mol. The zero-order chi connectivity index (χ0) is 14.2. The Labute approximate surface area is 116 Å². The fraction of sp³-hybridized carbons (Fsp3) is 0.417. The number of rotatable bonds is 3. The Morgan fingerprint density at radius 2 is 2.11 bits per heavy atom. The molecule has 0 bridgehead atoms. The van der Waals surface area contributed by atoms with Gasteiger partial charge in [-0.05, 0) is 30.7 Å². The van der Waals surface area contributed by atoms with Crippen LogP contribution in [0.1, 0.15) is 12.0 Å². The molecule has 0 aromatic heterocycles. The van der Waals surface area contributed by atoms with Gasteiger partial charge in [0.25, 0.3) is 0 Å². The van der Waals surface area contributed by atoms with Gasteiger partial charge in [0.1, 0.15) is 0 Å². The molecule has 0 spiro atoms. The second-order valence-electron chi connectivity index (χ2n) is 4.77. The molecule has 0 N–H and O–H groups in total. The van der Waals surface area contributed by atoms with Gasteiger partial charge < -0.3 is 4.90 Å². The molecule has 7 heteroatoms. The van der Waals surface area contributed by atoms with Gasteiger partial charge in [-0.1, -0.05) is 11.6 Å². The van der Waals surface area contributed by atoms with E-state index in [-0.39, 0.29) is 18.9 Å². The van der Waals surface area contributed by atoms with E-state index in [1.54, 1.807) is 18.2 Å². The average Bonchev–Trinajstić information content (AvgIpc) is 2.54. The van der Waals surface area contributed by atoms with Crippen LogP contribution in [0.15, 0.2) is 18.2 Å². The summed E-state index contributed by atoms with van der Waals surface area (Å²) in [5.74, 6) is -1.34. The van der Waals surface area contributed by atoms with Crippen molar-refractivity contribution in [2.75, 3.05) is 17.2 Å². The van der Waals surface area contributed by atoms with E-state index >= 15 is 0 Å². The minimum Gasteiger partial charge on any atom is -0.312 e. The van der Waals surface area contributed by atoms with Crippen LogP contribution in [0.25, 0.3) is 0 Å². The Kier molecular flexibility index (Phi) is 3.82. The van der Waals surface area contributed by atoms with Crippen molar-refractivity contribution in [3.05, 3.63) is 28.8 Å². The second kappa shape index (κ2) is 5.09. The van der Waals surface area contributed by atoms with E-state index in [0.29, 0.717) is 10.7 Å². The average molecular weight is 306 g/mol. The summed E-state index contributed by atoms with van der Waals surface area (Å²) in [6.07, 6.45) is 0.0364. The molecule has 0 radical (unpaired) electrons. The Hall–Kier alpha value is -1.14. The van der Waals surface area contributed by atoms with E-state index in [1.807, 2.05) is 6.92 Å². The fourth-order valence-electron chi connectivity index (χ4n) is 2.30. The quantitative estimate of drug-likeness (QED) is 0.805. The van der Waals surface area contributed by atoms with E-state index in [1.165, 1.54) is 4.90 Å². The van der Waals surface area contributed by atoms with Gasteiger partial charge in [-0.25, -0.2) is 0 Å². The third-order valence-corrected chi connectivity index (χ3v) is 4.07. The molecule has 1 aliphatic heterocycles. The van der Waals surface area contributed by atoms with Gasteiger partial charge in [-0.15, -0.1) is 3.89 Å². The molecule has 19 heavy (non-hydrogen) atoms. The fourth-order valence-corrected chi connectivity index (χ4v) is 3.37. The maximum Gasteiger partial charge on any atom is 0.302 e. The Bertz CT molecular complexity index is 597. The maximum atomic E-state index is 12.6. The van der Waals surface area contributed by atoms with Gasteiger partial charge >= 0.3 is 10.2 Å². The van der Waals surface area contributed by atoms with Gasteiger partial charge in [0.15, 0.2) is 0 Å². The molecular weight excluding hydrogens is 293 g/mol. The topological polar surface area (TPSA) is 54.5 Å². The van der Waals surface area contributed by atoms with Crippen molar-refractivity contribution in [3.8, 4) is 0 Å². The van der Waals surface area contributed by atoms with Crippen molar-refractivity contribution in [3.63, 3.8) is 0 Å². The van der Waals surface area contributed by atoms with Crippen LogP contribution in [0.3, 0.4) is 0 Å². The Morgan fingerprint density at radius 1 is 1.42 bits per heavy atom. The van der Waals surface area contributed by atoms with Crippen LogP contribution < -0.4 is 4.90 Å². The van der Waals surface area contributed by atoms with Crippen LogP contribution in [0, 0.1) is 12.8 Å². The maximum absolute atomic E-state index is 12.6.